The third-order valence-electron chi connectivity index (χ3n) is 4.04. The van der Waals surface area contributed by atoms with E-state index in [1.165, 1.54) is 0 Å². The summed E-state index contributed by atoms with van der Waals surface area (Å²) in [5.74, 6) is 0. The lowest BCUT2D eigenvalue weighted by Gasteiger charge is -1.85. The van der Waals surface area contributed by atoms with E-state index in [0.717, 1.165) is 60.2 Å². The van der Waals surface area contributed by atoms with Gasteiger partial charge < -0.3 is 9.97 Å². The number of H-pyrrole nitrogens is 2. The van der Waals surface area contributed by atoms with Crippen LogP contribution in [-0.2, 0) is 0 Å². The first-order valence-electron chi connectivity index (χ1n) is 8.22. The molecule has 0 radical (unpaired) electrons. The lowest BCUT2D eigenvalue weighted by Crippen LogP contribution is -1.75. The van der Waals surface area contributed by atoms with Gasteiger partial charge in [-0.15, -0.1) is 0 Å². The Labute approximate surface area is 162 Å². The molecule has 6 heteroatoms. The van der Waals surface area contributed by atoms with Gasteiger partial charge in [-0.25, -0.2) is 9.97 Å². The number of hydrogen-bond acceptors (Lipinski definition) is 2. The number of halogens is 1. The van der Waals surface area contributed by atoms with Crippen LogP contribution in [0.2, 0.25) is 0 Å². The van der Waals surface area contributed by atoms with Gasteiger partial charge in [0.2, 0.25) is 0 Å². The molecule has 4 nitrogen and oxygen atoms in total. The molecular formula is C20H16AlClN4. The summed E-state index contributed by atoms with van der Waals surface area (Å²) in [6.07, 6.45) is 8.09. The molecule has 0 spiro atoms. The van der Waals surface area contributed by atoms with Gasteiger partial charge in [-0.1, -0.05) is 0 Å². The second-order valence-electron chi connectivity index (χ2n) is 5.91. The highest BCUT2D eigenvalue weighted by Gasteiger charge is 2.00. The van der Waals surface area contributed by atoms with Crippen molar-refractivity contribution in [2.45, 2.75) is 0 Å². The lowest BCUT2D eigenvalue weighted by molar-refractivity contribution is 1.31. The smallest absolute Gasteiger partial charge is 0.353 e. The highest BCUT2D eigenvalue weighted by Crippen LogP contribution is 2.16. The number of aromatic amines is 2. The fourth-order valence-corrected chi connectivity index (χ4v) is 2.94. The largest absolute Gasteiger partial charge is 0.355 e. The minimum atomic E-state index is 0.778. The van der Waals surface area contributed by atoms with Crippen LogP contribution in [0.1, 0.15) is 22.8 Å². The van der Waals surface area contributed by atoms with Crippen LogP contribution in [0, 0.1) is 0 Å². The van der Waals surface area contributed by atoms with Crippen molar-refractivity contribution in [3.8, 4) is 0 Å². The fraction of sp³-hybridized carbons (Fsp3) is 0. The maximum absolute atomic E-state index is 4.78. The summed E-state index contributed by atoms with van der Waals surface area (Å²) in [4.78, 5) is 16.0. The third-order valence-corrected chi connectivity index (χ3v) is 4.04. The second-order valence-corrected chi connectivity index (χ2v) is 5.91. The molecule has 0 unspecified atom stereocenters. The summed E-state index contributed by atoms with van der Waals surface area (Å²) in [6.45, 7) is 0. The highest BCUT2D eigenvalue weighted by molar-refractivity contribution is 6.80. The molecule has 0 aromatic carbocycles. The molecule has 26 heavy (non-hydrogen) atoms. The minimum absolute atomic E-state index is 0.778. The molecule has 0 saturated carbocycles. The number of nitrogens with one attached hydrogen (secondary N) is 2. The Bertz CT molecular complexity index is 996. The number of hydrogen-bond donors (Lipinski definition) is 2. The van der Waals surface area contributed by atoms with Crippen molar-refractivity contribution in [1.82, 2.24) is 19.9 Å². The van der Waals surface area contributed by atoms with Crippen LogP contribution in [-0.4, -0.2) is 35.3 Å². The second kappa shape index (κ2) is 7.35. The minimum Gasteiger partial charge on any atom is -0.355 e. The van der Waals surface area contributed by atoms with Gasteiger partial charge >= 0.3 is 15.4 Å². The molecule has 0 atom stereocenters. The molecule has 3 aromatic heterocycles. The van der Waals surface area contributed by atoms with Crippen LogP contribution < -0.4 is 0 Å². The van der Waals surface area contributed by atoms with Gasteiger partial charge in [-0.05, 0) is 72.8 Å². The van der Waals surface area contributed by atoms with Crippen molar-refractivity contribution >= 4 is 71.8 Å². The van der Waals surface area contributed by atoms with Gasteiger partial charge in [0.15, 0.2) is 0 Å². The normalized spacial score (nSPS) is 11.9. The zero-order valence-electron chi connectivity index (χ0n) is 14.2. The molecule has 2 aliphatic heterocycles. The van der Waals surface area contributed by atoms with Crippen LogP contribution in [0.5, 0.6) is 0 Å². The Hall–Kier alpha value is -2.58. The summed E-state index contributed by atoms with van der Waals surface area (Å²) in [5, 5.41) is 0. The molecule has 0 fully saturated rings. The van der Waals surface area contributed by atoms with E-state index in [0.29, 0.717) is 0 Å². The number of fused-ring (bicyclic) bond motifs is 8. The molecule has 0 saturated heterocycles. The standard InChI is InChI=1S/C20H14N4.Al.ClH.2H/c1-2-14-10-16-5-6-18(23-16)12-20-8-7-19(24-20)11-17-4-3-15(22-17)9-13(1)21-14;;;;/h1-12,21,24H;;1H;;/q;+1;;;/p-1. The third kappa shape index (κ3) is 3.66. The number of aromatic nitrogens is 4. The predicted octanol–water partition coefficient (Wildman–Crippen LogP) is 4.43. The molecule has 5 rings (SSSR count). The zero-order chi connectivity index (χ0) is 17.9. The topological polar surface area (TPSA) is 57.4 Å². The molecule has 0 aliphatic carbocycles. The van der Waals surface area contributed by atoms with Crippen molar-refractivity contribution in [2.24, 2.45) is 0 Å². The summed E-state index contributed by atoms with van der Waals surface area (Å²) >= 11 is 0.778. The Kier molecular flexibility index (Phi) is 4.77. The van der Waals surface area contributed by atoms with Gasteiger partial charge in [0.1, 0.15) is 0 Å². The van der Waals surface area contributed by atoms with E-state index in [1.807, 2.05) is 48.6 Å². The molecule has 0 amide bonds. The molecule has 126 valence electrons. The van der Waals surface area contributed by atoms with E-state index in [4.69, 9.17) is 10.0 Å². The molecular weight excluding hydrogens is 359 g/mol. The van der Waals surface area contributed by atoms with Crippen LogP contribution in [0.3, 0.4) is 0 Å². The van der Waals surface area contributed by atoms with Crippen molar-refractivity contribution in [1.29, 1.82) is 0 Å². The van der Waals surface area contributed by atoms with E-state index >= 15 is 0 Å². The first-order valence-corrected chi connectivity index (χ1v) is 11.2. The zero-order valence-corrected chi connectivity index (χ0v) is 17.0. The number of nitrogens with zero attached hydrogens (tertiary/aromatic N) is 2. The molecule has 2 N–H and O–H groups in total. The highest BCUT2D eigenvalue weighted by atomic mass is 35.6. The van der Waals surface area contributed by atoms with Crippen LogP contribution >= 0.6 is 10.0 Å². The molecule has 5 heterocycles. The Morgan fingerprint density at radius 2 is 0.808 bits per heavy atom. The maximum Gasteiger partial charge on any atom is 0.353 e. The van der Waals surface area contributed by atoms with Crippen molar-refractivity contribution in [3.63, 3.8) is 0 Å². The summed E-state index contributed by atoms with van der Waals surface area (Å²) in [6, 6.07) is 16.4. The van der Waals surface area contributed by atoms with E-state index in [9.17, 15) is 0 Å². The molecule has 8 bridgehead atoms. The van der Waals surface area contributed by atoms with Gasteiger partial charge in [-0.2, -0.15) is 0 Å². The summed E-state index contributed by atoms with van der Waals surface area (Å²) < 4.78 is 0. The Balaban J connectivity index is 0.000000814. The van der Waals surface area contributed by atoms with Crippen LogP contribution in [0.4, 0.5) is 0 Å². The van der Waals surface area contributed by atoms with Gasteiger partial charge in [-0.3, -0.25) is 10.0 Å². The van der Waals surface area contributed by atoms with Gasteiger partial charge in [0.25, 0.3) is 0 Å². The van der Waals surface area contributed by atoms with Crippen molar-refractivity contribution in [2.75, 3.05) is 0 Å². The fourth-order valence-electron chi connectivity index (χ4n) is 2.94. The summed E-state index contributed by atoms with van der Waals surface area (Å²) in [7, 11) is 4.78. The van der Waals surface area contributed by atoms with Crippen LogP contribution in [0.25, 0.3) is 46.4 Å². The van der Waals surface area contributed by atoms with Crippen molar-refractivity contribution in [3.05, 3.63) is 71.3 Å². The monoisotopic (exact) mass is 374 g/mol. The van der Waals surface area contributed by atoms with E-state index in [1.54, 1.807) is 0 Å². The van der Waals surface area contributed by atoms with Gasteiger partial charge in [0.05, 0.1) is 22.8 Å². The SMILES string of the molecule is C1=Cc2cc3ccc(cc4nc(cc5ccc(cc1n2)[nH]5)C=C4)[nH]3.[AlH2][Cl]. The number of rotatable bonds is 0. The van der Waals surface area contributed by atoms with E-state index < -0.39 is 0 Å². The average molecular weight is 375 g/mol. The summed E-state index contributed by atoms with van der Waals surface area (Å²) in [5.41, 5.74) is 7.86. The average Bonchev–Trinajstić information content (AvgIpc) is 3.42. The van der Waals surface area contributed by atoms with Gasteiger partial charge in [0, 0.05) is 22.1 Å². The Morgan fingerprint density at radius 3 is 1.08 bits per heavy atom. The first kappa shape index (κ1) is 16.9. The molecule has 2 aliphatic rings. The maximum atomic E-state index is 4.78. The first-order chi connectivity index (χ1) is 12.8. The quantitative estimate of drug-likeness (QED) is 0.394. The van der Waals surface area contributed by atoms with Crippen molar-refractivity contribution < 1.29 is 0 Å². The van der Waals surface area contributed by atoms with E-state index in [-0.39, 0.29) is 0 Å². The lowest BCUT2D eigenvalue weighted by atomic mass is 10.3. The Morgan fingerprint density at radius 1 is 0.538 bits per heavy atom. The predicted molar refractivity (Wildman–Crippen MR) is 113 cm³/mol. The molecule has 3 aromatic rings. The van der Waals surface area contributed by atoms with Crippen LogP contribution in [0.15, 0.2) is 48.5 Å². The van der Waals surface area contributed by atoms with E-state index in [2.05, 4.69) is 44.2 Å².